The van der Waals surface area contributed by atoms with Crippen LogP contribution < -0.4 is 4.90 Å². The van der Waals surface area contributed by atoms with Gasteiger partial charge in [0, 0.05) is 36.9 Å². The van der Waals surface area contributed by atoms with E-state index in [2.05, 4.69) is 22.2 Å². The van der Waals surface area contributed by atoms with Crippen LogP contribution in [0.4, 0.5) is 10.1 Å². The standard InChI is InChI=1S/C27H30FN3O3/c28-21-4-5-22-24(16-21)34-29-26(22)17-7-11-30(12-8-17)13-9-23(32)20-14-18-2-1-10-31-25(33)6-3-19(15-20)27(18)31/h4-5,14-17,23,32H,1-3,6-13H2. The Bertz CT molecular complexity index is 1210. The largest absolute Gasteiger partial charge is 0.388 e. The molecule has 3 aromatic rings. The molecule has 1 N–H and O–H groups in total. The lowest BCUT2D eigenvalue weighted by atomic mass is 9.88. The minimum atomic E-state index is -0.498. The second-order valence-electron chi connectivity index (χ2n) is 9.97. The van der Waals surface area contributed by atoms with Gasteiger partial charge in [0.2, 0.25) is 5.91 Å². The van der Waals surface area contributed by atoms with Gasteiger partial charge in [-0.2, -0.15) is 0 Å². The number of aromatic nitrogens is 1. The van der Waals surface area contributed by atoms with Crippen LogP contribution in [0.5, 0.6) is 0 Å². The topological polar surface area (TPSA) is 69.8 Å². The molecule has 7 heteroatoms. The summed E-state index contributed by atoms with van der Waals surface area (Å²) >= 11 is 0. The monoisotopic (exact) mass is 463 g/mol. The number of fused-ring (bicyclic) bond motifs is 1. The molecule has 0 bridgehead atoms. The molecule has 4 heterocycles. The first-order chi connectivity index (χ1) is 16.6. The quantitative estimate of drug-likeness (QED) is 0.604. The van der Waals surface area contributed by atoms with Crippen molar-refractivity contribution in [1.82, 2.24) is 10.1 Å². The lowest BCUT2D eigenvalue weighted by Gasteiger charge is -2.36. The summed E-state index contributed by atoms with van der Waals surface area (Å²) in [5.74, 6) is 0.237. The molecule has 1 amide bonds. The third kappa shape index (κ3) is 3.91. The molecule has 0 spiro atoms. The molecule has 1 fully saturated rings. The first-order valence-electron chi connectivity index (χ1n) is 12.5. The maximum Gasteiger partial charge on any atom is 0.227 e. The van der Waals surface area contributed by atoms with Crippen molar-refractivity contribution >= 4 is 22.6 Å². The van der Waals surface area contributed by atoms with Gasteiger partial charge in [0.15, 0.2) is 5.58 Å². The van der Waals surface area contributed by atoms with Crippen molar-refractivity contribution in [3.63, 3.8) is 0 Å². The minimum absolute atomic E-state index is 0.232. The Labute approximate surface area is 198 Å². The van der Waals surface area contributed by atoms with Gasteiger partial charge < -0.3 is 19.4 Å². The van der Waals surface area contributed by atoms with E-state index in [4.69, 9.17) is 4.52 Å². The van der Waals surface area contributed by atoms with E-state index in [-0.39, 0.29) is 11.7 Å². The molecular weight excluding hydrogens is 433 g/mol. The average molecular weight is 464 g/mol. The molecular formula is C27H30FN3O3. The lowest BCUT2D eigenvalue weighted by molar-refractivity contribution is -0.119. The van der Waals surface area contributed by atoms with E-state index in [0.29, 0.717) is 24.3 Å². The van der Waals surface area contributed by atoms with Crippen LogP contribution in [-0.4, -0.2) is 47.2 Å². The van der Waals surface area contributed by atoms with Crippen LogP contribution in [0, 0.1) is 5.82 Å². The van der Waals surface area contributed by atoms with E-state index >= 15 is 0 Å². The molecule has 178 valence electrons. The molecule has 1 aromatic heterocycles. The number of piperidine rings is 1. The Morgan fingerprint density at radius 2 is 1.88 bits per heavy atom. The fourth-order valence-electron chi connectivity index (χ4n) is 6.00. The molecule has 3 aliphatic heterocycles. The number of aliphatic hydroxyl groups is 1. The Morgan fingerprint density at radius 1 is 1.09 bits per heavy atom. The normalized spacial score (nSPS) is 20.1. The van der Waals surface area contributed by atoms with Crippen molar-refractivity contribution in [1.29, 1.82) is 0 Å². The van der Waals surface area contributed by atoms with Crippen LogP contribution in [0.15, 0.2) is 34.9 Å². The van der Waals surface area contributed by atoms with Crippen molar-refractivity contribution < 1.29 is 18.8 Å². The van der Waals surface area contributed by atoms with Gasteiger partial charge in [0.05, 0.1) is 17.5 Å². The van der Waals surface area contributed by atoms with Crippen LogP contribution >= 0.6 is 0 Å². The minimum Gasteiger partial charge on any atom is -0.388 e. The fraction of sp³-hybridized carbons (Fsp3) is 0.481. The maximum atomic E-state index is 13.4. The number of benzene rings is 2. The Morgan fingerprint density at radius 3 is 2.71 bits per heavy atom. The molecule has 0 radical (unpaired) electrons. The van der Waals surface area contributed by atoms with Crippen molar-refractivity contribution in [2.24, 2.45) is 0 Å². The number of amides is 1. The second kappa shape index (κ2) is 8.78. The number of carbonyl (C=O) groups excluding carboxylic acids is 1. The Hall–Kier alpha value is -2.77. The number of likely N-dealkylation sites (tertiary alicyclic amines) is 1. The number of aliphatic hydroxyl groups excluding tert-OH is 1. The predicted molar refractivity (Wildman–Crippen MR) is 127 cm³/mol. The van der Waals surface area contributed by atoms with Crippen LogP contribution in [0.2, 0.25) is 0 Å². The SMILES string of the molecule is O=C1CCc2cc(C(O)CCN3CCC(c4noc5cc(F)ccc45)CC3)cc3c2N1CCC3. The predicted octanol–water partition coefficient (Wildman–Crippen LogP) is 4.50. The highest BCUT2D eigenvalue weighted by Gasteiger charge is 2.30. The molecule has 1 unspecified atom stereocenters. The van der Waals surface area contributed by atoms with Crippen LogP contribution in [-0.2, 0) is 17.6 Å². The lowest BCUT2D eigenvalue weighted by Crippen LogP contribution is -2.39. The first kappa shape index (κ1) is 21.7. The zero-order valence-electron chi connectivity index (χ0n) is 19.3. The van der Waals surface area contributed by atoms with Gasteiger partial charge in [-0.25, -0.2) is 4.39 Å². The zero-order chi connectivity index (χ0) is 23.2. The van der Waals surface area contributed by atoms with Gasteiger partial charge in [-0.05, 0) is 80.4 Å². The molecule has 3 aliphatic rings. The first-order valence-corrected chi connectivity index (χ1v) is 12.5. The fourth-order valence-corrected chi connectivity index (χ4v) is 6.00. The maximum absolute atomic E-state index is 13.4. The summed E-state index contributed by atoms with van der Waals surface area (Å²) in [6, 6.07) is 8.87. The number of aryl methyl sites for hydroxylation is 2. The van der Waals surface area contributed by atoms with E-state index in [1.807, 2.05) is 4.90 Å². The average Bonchev–Trinajstić information content (AvgIpc) is 3.28. The van der Waals surface area contributed by atoms with E-state index in [9.17, 15) is 14.3 Å². The Kier molecular flexibility index (Phi) is 5.62. The van der Waals surface area contributed by atoms with Gasteiger partial charge in [-0.15, -0.1) is 0 Å². The smallest absolute Gasteiger partial charge is 0.227 e. The number of hydrogen-bond acceptors (Lipinski definition) is 5. The number of nitrogens with zero attached hydrogens (tertiary/aromatic N) is 3. The molecule has 34 heavy (non-hydrogen) atoms. The third-order valence-corrected chi connectivity index (χ3v) is 7.84. The summed E-state index contributed by atoms with van der Waals surface area (Å²) in [5, 5.41) is 16.1. The number of carbonyl (C=O) groups is 1. The van der Waals surface area contributed by atoms with Crippen molar-refractivity contribution in [3.8, 4) is 0 Å². The van der Waals surface area contributed by atoms with E-state index in [0.717, 1.165) is 80.6 Å². The van der Waals surface area contributed by atoms with Gasteiger partial charge in [-0.1, -0.05) is 17.3 Å². The summed E-state index contributed by atoms with van der Waals surface area (Å²) in [7, 11) is 0. The van der Waals surface area contributed by atoms with Crippen LogP contribution in [0.25, 0.3) is 11.0 Å². The highest BCUT2D eigenvalue weighted by molar-refractivity contribution is 5.97. The summed E-state index contributed by atoms with van der Waals surface area (Å²) < 4.78 is 18.8. The van der Waals surface area contributed by atoms with Crippen molar-refractivity contribution in [3.05, 3.63) is 58.5 Å². The van der Waals surface area contributed by atoms with Crippen molar-refractivity contribution in [2.75, 3.05) is 31.1 Å². The second-order valence-corrected chi connectivity index (χ2v) is 9.97. The van der Waals surface area contributed by atoms with Gasteiger partial charge in [-0.3, -0.25) is 4.79 Å². The van der Waals surface area contributed by atoms with E-state index in [1.54, 1.807) is 6.07 Å². The molecule has 6 nitrogen and oxygen atoms in total. The van der Waals surface area contributed by atoms with E-state index < -0.39 is 6.10 Å². The molecule has 1 atom stereocenters. The summed E-state index contributed by atoms with van der Waals surface area (Å²) in [6.45, 7) is 3.55. The zero-order valence-corrected chi connectivity index (χ0v) is 19.3. The summed E-state index contributed by atoms with van der Waals surface area (Å²) in [5.41, 5.74) is 5.98. The van der Waals surface area contributed by atoms with Gasteiger partial charge in [0.1, 0.15) is 5.82 Å². The third-order valence-electron chi connectivity index (χ3n) is 7.84. The molecule has 2 aromatic carbocycles. The van der Waals surface area contributed by atoms with Gasteiger partial charge in [0.25, 0.3) is 0 Å². The molecule has 6 rings (SSSR count). The Balaban J connectivity index is 1.08. The number of anilines is 1. The number of halogens is 1. The summed E-state index contributed by atoms with van der Waals surface area (Å²) in [6.07, 6.45) is 5.45. The highest BCUT2D eigenvalue weighted by atomic mass is 19.1. The molecule has 1 saturated heterocycles. The highest BCUT2D eigenvalue weighted by Crippen LogP contribution is 2.38. The molecule has 0 aliphatic carbocycles. The number of rotatable bonds is 5. The van der Waals surface area contributed by atoms with Crippen LogP contribution in [0.3, 0.4) is 0 Å². The number of hydrogen-bond donors (Lipinski definition) is 1. The van der Waals surface area contributed by atoms with Crippen molar-refractivity contribution in [2.45, 2.75) is 57.0 Å². The van der Waals surface area contributed by atoms with Gasteiger partial charge >= 0.3 is 0 Å². The van der Waals surface area contributed by atoms with E-state index in [1.165, 1.54) is 23.3 Å². The molecule has 0 saturated carbocycles. The summed E-state index contributed by atoms with van der Waals surface area (Å²) in [4.78, 5) is 16.7. The van der Waals surface area contributed by atoms with Crippen LogP contribution in [0.1, 0.15) is 66.5 Å².